The molecule has 0 bridgehead atoms. The average molecular weight is 242 g/mol. The second-order valence-electron chi connectivity index (χ2n) is 3.45. The van der Waals surface area contributed by atoms with Gasteiger partial charge in [-0.1, -0.05) is 12.2 Å². The third-order valence-electron chi connectivity index (χ3n) is 2.05. The summed E-state index contributed by atoms with van der Waals surface area (Å²) in [5.74, 6) is -1.81. The monoisotopic (exact) mass is 242 g/mol. The zero-order valence-electron chi connectivity index (χ0n) is 9.22. The van der Waals surface area contributed by atoms with Gasteiger partial charge in [0, 0.05) is 13.1 Å². The first-order valence-corrected chi connectivity index (χ1v) is 5.13. The lowest BCUT2D eigenvalue weighted by Gasteiger charge is -2.22. The Bertz CT molecular complexity index is 340. The number of rotatable bonds is 4. The van der Waals surface area contributed by atoms with E-state index in [1.165, 1.54) is 4.90 Å². The third kappa shape index (κ3) is 5.12. The van der Waals surface area contributed by atoms with E-state index in [9.17, 15) is 14.4 Å². The van der Waals surface area contributed by atoms with E-state index < -0.39 is 31.1 Å². The first-order valence-electron chi connectivity index (χ1n) is 5.13. The lowest BCUT2D eigenvalue weighted by atomic mass is 10.3. The number of imide groups is 1. The molecule has 0 saturated heterocycles. The van der Waals surface area contributed by atoms with Crippen LogP contribution in [0.5, 0.6) is 0 Å². The summed E-state index contributed by atoms with van der Waals surface area (Å²) >= 11 is 0. The molecule has 7 nitrogen and oxygen atoms in total. The molecule has 0 aromatic rings. The Labute approximate surface area is 98.0 Å². The first-order chi connectivity index (χ1) is 8.09. The Morgan fingerprint density at radius 1 is 1.29 bits per heavy atom. The predicted molar refractivity (Wildman–Crippen MR) is 57.3 cm³/mol. The molecule has 7 heteroatoms. The zero-order chi connectivity index (χ0) is 12.7. The number of carbonyl (C=O) groups is 3. The second kappa shape index (κ2) is 6.64. The van der Waals surface area contributed by atoms with Gasteiger partial charge in [-0.2, -0.15) is 0 Å². The number of amides is 3. The number of hydrogen-bond donors (Lipinski definition) is 2. The Balaban J connectivity index is 2.23. The summed E-state index contributed by atoms with van der Waals surface area (Å²) in [5.41, 5.74) is 0. The van der Waals surface area contributed by atoms with E-state index in [2.05, 4.69) is 10.1 Å². The molecule has 0 radical (unpaired) electrons. The fourth-order valence-electron chi connectivity index (χ4n) is 1.29. The number of ether oxygens (including phenoxy) is 1. The summed E-state index contributed by atoms with van der Waals surface area (Å²) in [6.07, 6.45) is 4.56. The molecule has 0 saturated carbocycles. The molecule has 1 aliphatic rings. The Kier molecular flexibility index (Phi) is 5.15. The summed E-state index contributed by atoms with van der Waals surface area (Å²) < 4.78 is 4.55. The van der Waals surface area contributed by atoms with Crippen molar-refractivity contribution in [1.29, 1.82) is 0 Å². The van der Waals surface area contributed by atoms with Crippen molar-refractivity contribution in [2.75, 3.05) is 26.3 Å². The maximum atomic E-state index is 11.5. The smallest absolute Gasteiger partial charge is 0.329 e. The predicted octanol–water partition coefficient (Wildman–Crippen LogP) is -0.414. The number of nitrogens with zero attached hydrogens (tertiary/aromatic N) is 1. The van der Waals surface area contributed by atoms with Crippen molar-refractivity contribution in [2.45, 2.75) is 6.42 Å². The molecular formula is C10H14N2O5. The minimum absolute atomic E-state index is 0.443. The van der Waals surface area contributed by atoms with Gasteiger partial charge in [-0.15, -0.1) is 0 Å². The maximum absolute atomic E-state index is 11.5. The quantitative estimate of drug-likeness (QED) is 0.653. The third-order valence-corrected chi connectivity index (χ3v) is 2.05. The average Bonchev–Trinajstić information content (AvgIpc) is 2.29. The highest BCUT2D eigenvalue weighted by atomic mass is 16.5. The molecule has 1 aliphatic heterocycles. The van der Waals surface area contributed by atoms with Crippen molar-refractivity contribution in [2.24, 2.45) is 0 Å². The van der Waals surface area contributed by atoms with Gasteiger partial charge in [0.1, 0.15) is 13.2 Å². The van der Waals surface area contributed by atoms with Crippen LogP contribution in [0, 0.1) is 0 Å². The number of hydrogen-bond acceptors (Lipinski definition) is 4. The molecule has 0 spiro atoms. The van der Waals surface area contributed by atoms with Gasteiger partial charge in [0.2, 0.25) is 0 Å². The van der Waals surface area contributed by atoms with E-state index in [-0.39, 0.29) is 0 Å². The summed E-state index contributed by atoms with van der Waals surface area (Å²) in [4.78, 5) is 34.3. The first kappa shape index (κ1) is 13.2. The highest BCUT2D eigenvalue weighted by Crippen LogP contribution is 2.00. The van der Waals surface area contributed by atoms with Crippen molar-refractivity contribution in [3.05, 3.63) is 12.2 Å². The van der Waals surface area contributed by atoms with Gasteiger partial charge < -0.3 is 14.7 Å². The van der Waals surface area contributed by atoms with E-state index >= 15 is 0 Å². The minimum Gasteiger partial charge on any atom is -0.480 e. The van der Waals surface area contributed by atoms with Crippen molar-refractivity contribution in [1.82, 2.24) is 10.2 Å². The second-order valence-corrected chi connectivity index (χ2v) is 3.45. The normalized spacial score (nSPS) is 14.5. The largest absolute Gasteiger partial charge is 0.480 e. The summed E-state index contributed by atoms with van der Waals surface area (Å²) in [7, 11) is 0. The Morgan fingerprint density at radius 3 is 2.65 bits per heavy atom. The van der Waals surface area contributed by atoms with Crippen LogP contribution in [0.2, 0.25) is 0 Å². The van der Waals surface area contributed by atoms with Crippen LogP contribution in [-0.2, 0) is 14.3 Å². The van der Waals surface area contributed by atoms with Crippen LogP contribution in [-0.4, -0.2) is 54.2 Å². The summed E-state index contributed by atoms with van der Waals surface area (Å²) in [6, 6.07) is -0.488. The molecule has 3 amide bonds. The fraction of sp³-hybridized carbons (Fsp3) is 0.500. The van der Waals surface area contributed by atoms with Crippen LogP contribution < -0.4 is 5.32 Å². The number of carboxylic acid groups (broad SMARTS) is 1. The van der Waals surface area contributed by atoms with E-state index in [1.807, 2.05) is 12.2 Å². The topological polar surface area (TPSA) is 95.9 Å². The van der Waals surface area contributed by atoms with Gasteiger partial charge in [0.25, 0.3) is 5.91 Å². The SMILES string of the molecule is O=C(O)COCC(=O)NC(=O)N1CC=CCC1. The summed E-state index contributed by atoms with van der Waals surface area (Å²) in [5, 5.41) is 10.4. The summed E-state index contributed by atoms with van der Waals surface area (Å²) in [6.45, 7) is 0.0243. The molecule has 0 aromatic carbocycles. The zero-order valence-corrected chi connectivity index (χ0v) is 9.22. The van der Waals surface area contributed by atoms with E-state index in [4.69, 9.17) is 5.11 Å². The van der Waals surface area contributed by atoms with Crippen LogP contribution in [0.1, 0.15) is 6.42 Å². The molecule has 0 aromatic heterocycles. The van der Waals surface area contributed by atoms with E-state index in [0.29, 0.717) is 13.1 Å². The standard InChI is InChI=1S/C10H14N2O5/c13-8(6-17-7-9(14)15)11-10(16)12-4-2-1-3-5-12/h1-2H,3-7H2,(H,14,15)(H,11,13,16). The number of nitrogens with one attached hydrogen (secondary N) is 1. The van der Waals surface area contributed by atoms with Crippen molar-refractivity contribution >= 4 is 17.9 Å². The molecule has 17 heavy (non-hydrogen) atoms. The number of carbonyl (C=O) groups excluding carboxylic acids is 2. The van der Waals surface area contributed by atoms with Crippen LogP contribution in [0.25, 0.3) is 0 Å². The van der Waals surface area contributed by atoms with Crippen molar-refractivity contribution in [3.63, 3.8) is 0 Å². The minimum atomic E-state index is -1.16. The number of urea groups is 1. The van der Waals surface area contributed by atoms with Crippen molar-refractivity contribution in [3.8, 4) is 0 Å². The Hall–Kier alpha value is -1.89. The highest BCUT2D eigenvalue weighted by molar-refractivity contribution is 5.95. The number of carboxylic acids is 1. The van der Waals surface area contributed by atoms with E-state index in [1.54, 1.807) is 0 Å². The van der Waals surface area contributed by atoms with Gasteiger partial charge in [0.05, 0.1) is 0 Å². The lowest BCUT2D eigenvalue weighted by molar-refractivity contribution is -0.143. The molecular weight excluding hydrogens is 228 g/mol. The molecule has 0 aliphatic carbocycles. The molecule has 94 valence electrons. The lowest BCUT2D eigenvalue weighted by Crippen LogP contribution is -2.45. The molecule has 0 unspecified atom stereocenters. The van der Waals surface area contributed by atoms with Crippen molar-refractivity contribution < 1.29 is 24.2 Å². The van der Waals surface area contributed by atoms with Gasteiger partial charge in [-0.05, 0) is 6.42 Å². The Morgan fingerprint density at radius 2 is 2.06 bits per heavy atom. The molecule has 1 rings (SSSR count). The molecule has 0 atom stereocenters. The highest BCUT2D eigenvalue weighted by Gasteiger charge is 2.16. The maximum Gasteiger partial charge on any atom is 0.329 e. The van der Waals surface area contributed by atoms with Gasteiger partial charge in [-0.3, -0.25) is 10.1 Å². The van der Waals surface area contributed by atoms with Gasteiger partial charge in [-0.25, -0.2) is 9.59 Å². The van der Waals surface area contributed by atoms with Gasteiger partial charge >= 0.3 is 12.0 Å². The molecule has 0 fully saturated rings. The molecule has 1 heterocycles. The van der Waals surface area contributed by atoms with Crippen LogP contribution in [0.15, 0.2) is 12.2 Å². The van der Waals surface area contributed by atoms with Crippen LogP contribution >= 0.6 is 0 Å². The number of aliphatic carboxylic acids is 1. The van der Waals surface area contributed by atoms with E-state index in [0.717, 1.165) is 6.42 Å². The van der Waals surface area contributed by atoms with Crippen LogP contribution in [0.4, 0.5) is 4.79 Å². The molecule has 2 N–H and O–H groups in total. The fourth-order valence-corrected chi connectivity index (χ4v) is 1.29. The van der Waals surface area contributed by atoms with Crippen LogP contribution in [0.3, 0.4) is 0 Å². The van der Waals surface area contributed by atoms with Gasteiger partial charge in [0.15, 0.2) is 0 Å².